The summed E-state index contributed by atoms with van der Waals surface area (Å²) in [4.78, 5) is 25.2. The van der Waals surface area contributed by atoms with Gasteiger partial charge in [-0.2, -0.15) is 0 Å². The summed E-state index contributed by atoms with van der Waals surface area (Å²) in [5.74, 6) is -0.339. The van der Waals surface area contributed by atoms with E-state index in [1.54, 1.807) is 11.8 Å². The maximum Gasteiger partial charge on any atom is 0.410 e. The van der Waals surface area contributed by atoms with E-state index < -0.39 is 5.60 Å². The number of hydrogen-bond donors (Lipinski definition) is 1. The number of carbonyl (C=O) groups is 2. The van der Waals surface area contributed by atoms with Crippen LogP contribution in [0.25, 0.3) is 0 Å². The van der Waals surface area contributed by atoms with Gasteiger partial charge in [0.15, 0.2) is 0 Å². The van der Waals surface area contributed by atoms with Crippen LogP contribution in [0, 0.1) is 5.92 Å². The van der Waals surface area contributed by atoms with Gasteiger partial charge in [-0.25, -0.2) is 4.79 Å². The monoisotopic (exact) mass is 286 g/mol. The molecule has 0 aromatic heterocycles. The van der Waals surface area contributed by atoms with Gasteiger partial charge >= 0.3 is 12.1 Å². The van der Waals surface area contributed by atoms with E-state index in [1.807, 2.05) is 20.8 Å². The van der Waals surface area contributed by atoms with Gasteiger partial charge in [-0.3, -0.25) is 4.79 Å². The largest absolute Gasteiger partial charge is 0.466 e. The molecule has 0 aromatic carbocycles. The molecule has 0 aliphatic carbocycles. The first-order valence-electron chi connectivity index (χ1n) is 7.12. The molecule has 6 nitrogen and oxygen atoms in total. The van der Waals surface area contributed by atoms with Crippen LogP contribution in [0.4, 0.5) is 4.79 Å². The zero-order valence-corrected chi connectivity index (χ0v) is 12.8. The molecule has 0 aromatic rings. The Bertz CT molecular complexity index is 352. The van der Waals surface area contributed by atoms with Crippen LogP contribution in [0.5, 0.6) is 0 Å². The molecular weight excluding hydrogens is 260 g/mol. The standard InChI is InChI=1S/C14H26N2O4/c1-5-19-12(17)8-10-9-16(7-6-11(10)15)13(18)20-14(2,3)4/h10-11H,5-9,15H2,1-4H3/t10-,11+/m1/s1. The highest BCUT2D eigenvalue weighted by molar-refractivity contribution is 5.71. The van der Waals surface area contributed by atoms with Crippen LogP contribution >= 0.6 is 0 Å². The van der Waals surface area contributed by atoms with Gasteiger partial charge in [0.25, 0.3) is 0 Å². The van der Waals surface area contributed by atoms with Gasteiger partial charge in [0.05, 0.1) is 13.0 Å². The maximum atomic E-state index is 12.0. The van der Waals surface area contributed by atoms with Crippen LogP contribution in [0.3, 0.4) is 0 Å². The molecule has 0 bridgehead atoms. The van der Waals surface area contributed by atoms with Crippen molar-refractivity contribution in [2.75, 3.05) is 19.7 Å². The summed E-state index contributed by atoms with van der Waals surface area (Å²) in [6.07, 6.45) is 0.565. The Morgan fingerprint density at radius 1 is 1.35 bits per heavy atom. The molecule has 2 atom stereocenters. The van der Waals surface area contributed by atoms with Crippen LogP contribution in [-0.4, -0.2) is 48.3 Å². The number of nitrogens with two attached hydrogens (primary N) is 1. The molecule has 1 amide bonds. The third-order valence-electron chi connectivity index (χ3n) is 3.18. The molecule has 0 saturated carbocycles. The maximum absolute atomic E-state index is 12.0. The number of ether oxygens (including phenoxy) is 2. The van der Waals surface area contributed by atoms with Gasteiger partial charge < -0.3 is 20.1 Å². The third-order valence-corrected chi connectivity index (χ3v) is 3.18. The number of rotatable bonds is 3. The van der Waals surface area contributed by atoms with E-state index in [1.165, 1.54) is 0 Å². The van der Waals surface area contributed by atoms with Crippen LogP contribution in [0.1, 0.15) is 40.5 Å². The third kappa shape index (κ3) is 5.36. The molecular formula is C14H26N2O4. The number of nitrogens with zero attached hydrogens (tertiary/aromatic N) is 1. The van der Waals surface area contributed by atoms with Gasteiger partial charge in [0.2, 0.25) is 0 Å². The fourth-order valence-corrected chi connectivity index (χ4v) is 2.19. The summed E-state index contributed by atoms with van der Waals surface area (Å²) < 4.78 is 10.3. The average molecular weight is 286 g/mol. The highest BCUT2D eigenvalue weighted by Crippen LogP contribution is 2.21. The Morgan fingerprint density at radius 3 is 2.55 bits per heavy atom. The number of piperidine rings is 1. The highest BCUT2D eigenvalue weighted by atomic mass is 16.6. The molecule has 1 aliphatic rings. The summed E-state index contributed by atoms with van der Waals surface area (Å²) in [6.45, 7) is 8.62. The average Bonchev–Trinajstić information content (AvgIpc) is 2.30. The number of esters is 1. The lowest BCUT2D eigenvalue weighted by molar-refractivity contribution is -0.144. The van der Waals surface area contributed by atoms with Gasteiger partial charge in [0, 0.05) is 25.0 Å². The lowest BCUT2D eigenvalue weighted by Gasteiger charge is -2.37. The number of amides is 1. The fraction of sp³-hybridized carbons (Fsp3) is 0.857. The Balaban J connectivity index is 2.56. The van der Waals surface area contributed by atoms with E-state index in [-0.39, 0.29) is 30.4 Å². The number of likely N-dealkylation sites (tertiary alicyclic amines) is 1. The van der Waals surface area contributed by atoms with Crippen molar-refractivity contribution in [3.05, 3.63) is 0 Å². The smallest absolute Gasteiger partial charge is 0.410 e. The Morgan fingerprint density at radius 2 is 2.00 bits per heavy atom. The van der Waals surface area contributed by atoms with Gasteiger partial charge in [-0.15, -0.1) is 0 Å². The van der Waals surface area contributed by atoms with Crippen LogP contribution < -0.4 is 5.73 Å². The van der Waals surface area contributed by atoms with Crippen molar-refractivity contribution >= 4 is 12.1 Å². The lowest BCUT2D eigenvalue weighted by Crippen LogP contribution is -2.51. The molecule has 0 spiro atoms. The van der Waals surface area contributed by atoms with Crippen molar-refractivity contribution in [1.29, 1.82) is 0 Å². The quantitative estimate of drug-likeness (QED) is 0.795. The topological polar surface area (TPSA) is 81.9 Å². The van der Waals surface area contributed by atoms with Crippen molar-refractivity contribution in [1.82, 2.24) is 4.90 Å². The van der Waals surface area contributed by atoms with Crippen molar-refractivity contribution in [2.24, 2.45) is 11.7 Å². The molecule has 0 radical (unpaired) electrons. The van der Waals surface area contributed by atoms with Crippen molar-refractivity contribution < 1.29 is 19.1 Å². The normalized spacial score (nSPS) is 23.4. The van der Waals surface area contributed by atoms with Crippen molar-refractivity contribution in [3.63, 3.8) is 0 Å². The van der Waals surface area contributed by atoms with E-state index in [0.29, 0.717) is 26.1 Å². The van der Waals surface area contributed by atoms with E-state index in [9.17, 15) is 9.59 Å². The molecule has 1 rings (SSSR count). The predicted molar refractivity (Wildman–Crippen MR) is 75.1 cm³/mol. The van der Waals surface area contributed by atoms with E-state index in [0.717, 1.165) is 0 Å². The molecule has 1 saturated heterocycles. The minimum Gasteiger partial charge on any atom is -0.466 e. The Kier molecular flexibility index (Phi) is 5.80. The SMILES string of the molecule is CCOC(=O)C[C@@H]1CN(C(=O)OC(C)(C)C)CC[C@@H]1N. The Labute approximate surface area is 120 Å². The highest BCUT2D eigenvalue weighted by Gasteiger charge is 2.33. The first kappa shape index (κ1) is 16.8. The molecule has 6 heteroatoms. The minimum atomic E-state index is -0.521. The van der Waals surface area contributed by atoms with Crippen LogP contribution in [0.2, 0.25) is 0 Å². The van der Waals surface area contributed by atoms with Gasteiger partial charge in [-0.1, -0.05) is 0 Å². The summed E-state index contributed by atoms with van der Waals surface area (Å²) in [5.41, 5.74) is 5.51. The van der Waals surface area contributed by atoms with Gasteiger partial charge in [0.1, 0.15) is 5.60 Å². The van der Waals surface area contributed by atoms with E-state index in [4.69, 9.17) is 15.2 Å². The zero-order valence-electron chi connectivity index (χ0n) is 12.8. The predicted octanol–water partition coefficient (Wildman–Crippen LogP) is 1.52. The molecule has 116 valence electrons. The number of carbonyl (C=O) groups excluding carboxylic acids is 2. The molecule has 1 aliphatic heterocycles. The van der Waals surface area contributed by atoms with Crippen LogP contribution in [-0.2, 0) is 14.3 Å². The molecule has 1 heterocycles. The summed E-state index contributed by atoms with van der Waals surface area (Å²) in [5, 5.41) is 0. The molecule has 0 unspecified atom stereocenters. The van der Waals surface area contributed by atoms with E-state index in [2.05, 4.69) is 0 Å². The minimum absolute atomic E-state index is 0.0738. The fourth-order valence-electron chi connectivity index (χ4n) is 2.19. The molecule has 1 fully saturated rings. The summed E-state index contributed by atoms with van der Waals surface area (Å²) in [7, 11) is 0. The van der Waals surface area contributed by atoms with Crippen molar-refractivity contribution in [3.8, 4) is 0 Å². The van der Waals surface area contributed by atoms with E-state index >= 15 is 0 Å². The molecule has 20 heavy (non-hydrogen) atoms. The Hall–Kier alpha value is -1.30. The van der Waals surface area contributed by atoms with Crippen LogP contribution in [0.15, 0.2) is 0 Å². The zero-order chi connectivity index (χ0) is 15.3. The van der Waals surface area contributed by atoms with Crippen molar-refractivity contribution in [2.45, 2.75) is 52.2 Å². The first-order chi connectivity index (χ1) is 9.23. The second-order valence-electron chi connectivity index (χ2n) is 6.15. The lowest BCUT2D eigenvalue weighted by atomic mass is 9.90. The first-order valence-corrected chi connectivity index (χ1v) is 7.12. The van der Waals surface area contributed by atoms with Gasteiger partial charge in [-0.05, 0) is 34.1 Å². The summed E-state index contributed by atoms with van der Waals surface area (Å²) in [6, 6.07) is -0.0851. The second kappa shape index (κ2) is 6.92. The molecule has 2 N–H and O–H groups in total. The number of hydrogen-bond acceptors (Lipinski definition) is 5. The second-order valence-corrected chi connectivity index (χ2v) is 6.15. The summed E-state index contributed by atoms with van der Waals surface area (Å²) >= 11 is 0.